The maximum atomic E-state index is 12.9. The molecule has 0 aliphatic heterocycles. The fourth-order valence-corrected chi connectivity index (χ4v) is 2.09. The van der Waals surface area contributed by atoms with E-state index in [1.165, 1.54) is 24.3 Å². The summed E-state index contributed by atoms with van der Waals surface area (Å²) in [7, 11) is 0. The van der Waals surface area contributed by atoms with Crippen LogP contribution in [0.25, 0.3) is 0 Å². The zero-order valence-electron chi connectivity index (χ0n) is 10.6. The molecule has 1 aliphatic carbocycles. The predicted octanol–water partition coefficient (Wildman–Crippen LogP) is 2.11. The molecule has 2 N–H and O–H groups in total. The first-order chi connectivity index (χ1) is 8.97. The van der Waals surface area contributed by atoms with Gasteiger partial charge in [0.1, 0.15) is 5.82 Å². The van der Waals surface area contributed by atoms with E-state index in [1.807, 2.05) is 6.92 Å². The van der Waals surface area contributed by atoms with Gasteiger partial charge in [-0.1, -0.05) is 19.1 Å². The van der Waals surface area contributed by atoms with Crippen molar-refractivity contribution in [1.29, 1.82) is 0 Å². The van der Waals surface area contributed by atoms with Crippen molar-refractivity contribution in [2.45, 2.75) is 25.8 Å². The molecule has 1 saturated carbocycles. The van der Waals surface area contributed by atoms with Crippen molar-refractivity contribution in [2.75, 3.05) is 0 Å². The third kappa shape index (κ3) is 3.53. The zero-order chi connectivity index (χ0) is 14.0. The standard InChI is InChI=1S/C14H16FNO3/c1-8-6-11(8)14(19)16-12(7-13(17)18)9-2-4-10(15)5-3-9/h2-5,8,11-12H,6-7H2,1H3,(H,16,19)(H,17,18)/t8-,11-,12-/m1/s1. The Morgan fingerprint density at radius 2 is 2.00 bits per heavy atom. The molecule has 3 atom stereocenters. The number of halogens is 1. The van der Waals surface area contributed by atoms with Gasteiger partial charge in [0.15, 0.2) is 0 Å². The van der Waals surface area contributed by atoms with Gasteiger partial charge >= 0.3 is 5.97 Å². The normalized spacial score (nSPS) is 22.6. The molecule has 0 heterocycles. The molecule has 5 heteroatoms. The first kappa shape index (κ1) is 13.5. The summed E-state index contributed by atoms with van der Waals surface area (Å²) in [6.45, 7) is 1.98. The summed E-state index contributed by atoms with van der Waals surface area (Å²) < 4.78 is 12.9. The van der Waals surface area contributed by atoms with E-state index >= 15 is 0 Å². The maximum absolute atomic E-state index is 12.9. The highest BCUT2D eigenvalue weighted by Crippen LogP contribution is 2.38. The second-order valence-corrected chi connectivity index (χ2v) is 5.03. The van der Waals surface area contributed by atoms with Crippen LogP contribution in [-0.4, -0.2) is 17.0 Å². The van der Waals surface area contributed by atoms with Crippen LogP contribution in [0.4, 0.5) is 4.39 Å². The number of hydrogen-bond donors (Lipinski definition) is 2. The average molecular weight is 265 g/mol. The molecule has 2 rings (SSSR count). The SMILES string of the molecule is C[C@@H]1C[C@H]1C(=O)N[C@H](CC(=O)O)c1ccc(F)cc1. The Morgan fingerprint density at radius 3 is 2.47 bits per heavy atom. The van der Waals surface area contributed by atoms with Gasteiger partial charge in [-0.2, -0.15) is 0 Å². The number of hydrogen-bond acceptors (Lipinski definition) is 2. The van der Waals surface area contributed by atoms with Gasteiger partial charge < -0.3 is 10.4 Å². The summed E-state index contributed by atoms with van der Waals surface area (Å²) in [5.41, 5.74) is 0.602. The molecule has 1 fully saturated rings. The fourth-order valence-electron chi connectivity index (χ4n) is 2.09. The number of benzene rings is 1. The van der Waals surface area contributed by atoms with Gasteiger partial charge in [0.2, 0.25) is 5.91 Å². The maximum Gasteiger partial charge on any atom is 0.305 e. The second kappa shape index (κ2) is 5.38. The third-order valence-electron chi connectivity index (χ3n) is 3.41. The van der Waals surface area contributed by atoms with E-state index in [9.17, 15) is 14.0 Å². The van der Waals surface area contributed by atoms with Crippen LogP contribution in [0.1, 0.15) is 31.4 Å². The monoisotopic (exact) mass is 265 g/mol. The molecule has 4 nitrogen and oxygen atoms in total. The summed E-state index contributed by atoms with van der Waals surface area (Å²) >= 11 is 0. The summed E-state index contributed by atoms with van der Waals surface area (Å²) in [6, 6.07) is 4.91. The van der Waals surface area contributed by atoms with Crippen molar-refractivity contribution in [3.05, 3.63) is 35.6 Å². The van der Waals surface area contributed by atoms with E-state index in [4.69, 9.17) is 5.11 Å². The molecule has 0 radical (unpaired) electrons. The Balaban J connectivity index is 2.09. The minimum Gasteiger partial charge on any atom is -0.481 e. The number of carboxylic acid groups (broad SMARTS) is 1. The van der Waals surface area contributed by atoms with Gasteiger partial charge in [0.25, 0.3) is 0 Å². The molecule has 0 saturated heterocycles. The molecule has 0 aromatic heterocycles. The van der Waals surface area contributed by atoms with E-state index in [0.29, 0.717) is 11.5 Å². The Morgan fingerprint density at radius 1 is 1.42 bits per heavy atom. The number of carboxylic acids is 1. The van der Waals surface area contributed by atoms with Gasteiger partial charge in [-0.05, 0) is 30.0 Å². The van der Waals surface area contributed by atoms with Gasteiger partial charge in [-0.15, -0.1) is 0 Å². The lowest BCUT2D eigenvalue weighted by Crippen LogP contribution is -2.31. The number of amides is 1. The lowest BCUT2D eigenvalue weighted by atomic mass is 10.0. The van der Waals surface area contributed by atoms with Crippen LogP contribution < -0.4 is 5.32 Å². The highest BCUT2D eigenvalue weighted by atomic mass is 19.1. The summed E-state index contributed by atoms with van der Waals surface area (Å²) in [6.07, 6.45) is 0.632. The topological polar surface area (TPSA) is 66.4 Å². The molecular formula is C14H16FNO3. The average Bonchev–Trinajstić information content (AvgIpc) is 3.06. The van der Waals surface area contributed by atoms with Crippen LogP contribution in [0.3, 0.4) is 0 Å². The van der Waals surface area contributed by atoms with E-state index in [-0.39, 0.29) is 24.1 Å². The van der Waals surface area contributed by atoms with Gasteiger partial charge in [0, 0.05) is 5.92 Å². The Hall–Kier alpha value is -1.91. The lowest BCUT2D eigenvalue weighted by molar-refractivity contribution is -0.137. The van der Waals surface area contributed by atoms with Crippen LogP contribution in [0, 0.1) is 17.7 Å². The highest BCUT2D eigenvalue weighted by Gasteiger charge is 2.39. The molecule has 1 aromatic rings. The van der Waals surface area contributed by atoms with Crippen LogP contribution in [0.2, 0.25) is 0 Å². The van der Waals surface area contributed by atoms with E-state index < -0.39 is 12.0 Å². The molecule has 102 valence electrons. The largest absolute Gasteiger partial charge is 0.481 e. The molecular weight excluding hydrogens is 249 g/mol. The molecule has 0 bridgehead atoms. The summed E-state index contributed by atoms with van der Waals surface area (Å²) in [5, 5.41) is 11.6. The van der Waals surface area contributed by atoms with Crippen molar-refractivity contribution < 1.29 is 19.1 Å². The number of carbonyl (C=O) groups is 2. The van der Waals surface area contributed by atoms with Crippen molar-refractivity contribution in [2.24, 2.45) is 11.8 Å². The van der Waals surface area contributed by atoms with Crippen LogP contribution in [-0.2, 0) is 9.59 Å². The fraction of sp³-hybridized carbons (Fsp3) is 0.429. The Bertz CT molecular complexity index is 486. The van der Waals surface area contributed by atoms with Crippen LogP contribution in [0.5, 0.6) is 0 Å². The predicted molar refractivity (Wildman–Crippen MR) is 66.8 cm³/mol. The Kier molecular flexibility index (Phi) is 3.83. The van der Waals surface area contributed by atoms with Crippen molar-refractivity contribution in [3.8, 4) is 0 Å². The zero-order valence-corrected chi connectivity index (χ0v) is 10.6. The van der Waals surface area contributed by atoms with E-state index in [0.717, 1.165) is 6.42 Å². The van der Waals surface area contributed by atoms with Crippen molar-refractivity contribution >= 4 is 11.9 Å². The quantitative estimate of drug-likeness (QED) is 0.857. The van der Waals surface area contributed by atoms with Crippen molar-refractivity contribution in [3.63, 3.8) is 0 Å². The summed E-state index contributed by atoms with van der Waals surface area (Å²) in [5.74, 6) is -1.17. The number of carbonyl (C=O) groups excluding carboxylic acids is 1. The van der Waals surface area contributed by atoms with Crippen LogP contribution in [0.15, 0.2) is 24.3 Å². The molecule has 1 aliphatic rings. The molecule has 1 aromatic carbocycles. The molecule has 0 unspecified atom stereocenters. The van der Waals surface area contributed by atoms with Gasteiger partial charge in [-0.3, -0.25) is 9.59 Å². The van der Waals surface area contributed by atoms with Crippen molar-refractivity contribution in [1.82, 2.24) is 5.32 Å². The second-order valence-electron chi connectivity index (χ2n) is 5.03. The van der Waals surface area contributed by atoms with E-state index in [1.54, 1.807) is 0 Å². The Labute approximate surface area is 110 Å². The number of nitrogens with one attached hydrogen (secondary N) is 1. The molecule has 0 spiro atoms. The van der Waals surface area contributed by atoms with Crippen LogP contribution >= 0.6 is 0 Å². The van der Waals surface area contributed by atoms with Gasteiger partial charge in [-0.25, -0.2) is 4.39 Å². The molecule has 1 amide bonds. The summed E-state index contributed by atoms with van der Waals surface area (Å²) in [4.78, 5) is 22.7. The van der Waals surface area contributed by atoms with Gasteiger partial charge in [0.05, 0.1) is 12.5 Å². The van der Waals surface area contributed by atoms with E-state index in [2.05, 4.69) is 5.32 Å². The first-order valence-electron chi connectivity index (χ1n) is 6.25. The smallest absolute Gasteiger partial charge is 0.305 e. The third-order valence-corrected chi connectivity index (χ3v) is 3.41. The minimum absolute atomic E-state index is 0.0169. The lowest BCUT2D eigenvalue weighted by Gasteiger charge is -2.17. The highest BCUT2D eigenvalue weighted by molar-refractivity contribution is 5.82. The molecule has 19 heavy (non-hydrogen) atoms. The first-order valence-corrected chi connectivity index (χ1v) is 6.25. The number of rotatable bonds is 5. The minimum atomic E-state index is -1.00. The number of aliphatic carboxylic acids is 1.